The van der Waals surface area contributed by atoms with Crippen LogP contribution in [0.3, 0.4) is 0 Å². The summed E-state index contributed by atoms with van der Waals surface area (Å²) in [5.41, 5.74) is 0.816. The third-order valence-electron chi connectivity index (χ3n) is 3.56. The number of H-pyrrole nitrogens is 1. The summed E-state index contributed by atoms with van der Waals surface area (Å²) < 4.78 is 5.14. The number of carbonyl (C=O) groups excluding carboxylic acids is 1. The molecule has 1 fully saturated rings. The minimum Gasteiger partial charge on any atom is -0.380 e. The minimum atomic E-state index is -0.263. The molecule has 1 aliphatic heterocycles. The SMILES string of the molecule is CC1(CNC(=O)c2cc(=O)c3ccccc3[nH]2)COC1. The summed E-state index contributed by atoms with van der Waals surface area (Å²) in [7, 11) is 0. The van der Waals surface area contributed by atoms with Crippen LogP contribution in [0, 0.1) is 5.41 Å². The molecule has 5 heteroatoms. The number of nitrogens with one attached hydrogen (secondary N) is 2. The van der Waals surface area contributed by atoms with Crippen molar-refractivity contribution in [2.45, 2.75) is 6.92 Å². The maximum absolute atomic E-state index is 12.1. The van der Waals surface area contributed by atoms with E-state index in [1.807, 2.05) is 6.07 Å². The third kappa shape index (κ3) is 2.32. The molecular weight excluding hydrogens is 256 g/mol. The number of ether oxygens (including phenoxy) is 1. The largest absolute Gasteiger partial charge is 0.380 e. The third-order valence-corrected chi connectivity index (χ3v) is 3.56. The van der Waals surface area contributed by atoms with Crippen molar-refractivity contribution in [3.63, 3.8) is 0 Å². The van der Waals surface area contributed by atoms with Gasteiger partial charge in [0, 0.05) is 28.9 Å². The van der Waals surface area contributed by atoms with Crippen molar-refractivity contribution in [2.24, 2.45) is 5.41 Å². The van der Waals surface area contributed by atoms with Crippen molar-refractivity contribution < 1.29 is 9.53 Å². The Morgan fingerprint density at radius 2 is 2.15 bits per heavy atom. The fourth-order valence-corrected chi connectivity index (χ4v) is 2.26. The number of aromatic nitrogens is 1. The van der Waals surface area contributed by atoms with Gasteiger partial charge < -0.3 is 15.0 Å². The Morgan fingerprint density at radius 3 is 2.85 bits per heavy atom. The number of fused-ring (bicyclic) bond motifs is 1. The Morgan fingerprint density at radius 1 is 1.40 bits per heavy atom. The van der Waals surface area contributed by atoms with Gasteiger partial charge in [0.15, 0.2) is 5.43 Å². The number of rotatable bonds is 3. The topological polar surface area (TPSA) is 71.2 Å². The van der Waals surface area contributed by atoms with E-state index in [9.17, 15) is 9.59 Å². The number of para-hydroxylation sites is 1. The van der Waals surface area contributed by atoms with Gasteiger partial charge in [-0.15, -0.1) is 0 Å². The van der Waals surface area contributed by atoms with E-state index in [0.29, 0.717) is 30.7 Å². The van der Waals surface area contributed by atoms with Gasteiger partial charge in [0.05, 0.1) is 13.2 Å². The lowest BCUT2D eigenvalue weighted by molar-refractivity contribution is -0.0978. The Labute approximate surface area is 116 Å². The number of amides is 1. The van der Waals surface area contributed by atoms with Crippen molar-refractivity contribution in [1.29, 1.82) is 0 Å². The van der Waals surface area contributed by atoms with Crippen LogP contribution in [-0.2, 0) is 4.74 Å². The molecule has 0 spiro atoms. The van der Waals surface area contributed by atoms with Crippen LogP contribution in [0.5, 0.6) is 0 Å². The number of carbonyl (C=O) groups is 1. The summed E-state index contributed by atoms with van der Waals surface area (Å²) in [6, 6.07) is 8.50. The molecule has 0 unspecified atom stereocenters. The fourth-order valence-electron chi connectivity index (χ4n) is 2.26. The molecular formula is C15H16N2O3. The Bertz CT molecular complexity index is 716. The Kier molecular flexibility index (Phi) is 3.06. The van der Waals surface area contributed by atoms with Crippen molar-refractivity contribution >= 4 is 16.8 Å². The van der Waals surface area contributed by atoms with E-state index < -0.39 is 0 Å². The van der Waals surface area contributed by atoms with E-state index >= 15 is 0 Å². The van der Waals surface area contributed by atoms with Gasteiger partial charge in [0.25, 0.3) is 5.91 Å². The standard InChI is InChI=1S/C15H16N2O3/c1-15(8-20-9-15)7-16-14(19)12-6-13(18)10-4-2-3-5-11(10)17-12/h2-6H,7-9H2,1H3,(H,16,19)(H,17,18). The van der Waals surface area contributed by atoms with Crippen molar-refractivity contribution in [3.8, 4) is 0 Å². The monoisotopic (exact) mass is 272 g/mol. The lowest BCUT2D eigenvalue weighted by atomic mass is 9.89. The van der Waals surface area contributed by atoms with Crippen LogP contribution in [0.1, 0.15) is 17.4 Å². The van der Waals surface area contributed by atoms with Gasteiger partial charge in [-0.2, -0.15) is 0 Å². The predicted molar refractivity (Wildman–Crippen MR) is 75.8 cm³/mol. The normalized spacial score (nSPS) is 16.6. The maximum Gasteiger partial charge on any atom is 0.267 e. The number of benzene rings is 1. The predicted octanol–water partition coefficient (Wildman–Crippen LogP) is 1.29. The molecule has 3 rings (SSSR count). The van der Waals surface area contributed by atoms with Gasteiger partial charge >= 0.3 is 0 Å². The summed E-state index contributed by atoms with van der Waals surface area (Å²) in [6.45, 7) is 3.91. The van der Waals surface area contributed by atoms with Gasteiger partial charge in [-0.3, -0.25) is 9.59 Å². The van der Waals surface area contributed by atoms with E-state index in [1.165, 1.54) is 6.07 Å². The second-order valence-corrected chi connectivity index (χ2v) is 5.58. The molecule has 1 aromatic heterocycles. The molecule has 0 radical (unpaired) electrons. The first-order valence-corrected chi connectivity index (χ1v) is 6.55. The van der Waals surface area contributed by atoms with E-state index in [4.69, 9.17) is 4.74 Å². The first-order valence-electron chi connectivity index (χ1n) is 6.55. The molecule has 20 heavy (non-hydrogen) atoms. The van der Waals surface area contributed by atoms with Crippen LogP contribution < -0.4 is 10.7 Å². The van der Waals surface area contributed by atoms with Crippen LogP contribution in [0.25, 0.3) is 10.9 Å². The van der Waals surface area contributed by atoms with Gasteiger partial charge in [0.2, 0.25) is 0 Å². The minimum absolute atomic E-state index is 0.00675. The first-order chi connectivity index (χ1) is 9.57. The highest BCUT2D eigenvalue weighted by atomic mass is 16.5. The molecule has 2 heterocycles. The number of hydrogen-bond donors (Lipinski definition) is 2. The lowest BCUT2D eigenvalue weighted by Crippen LogP contribution is -2.48. The highest BCUT2D eigenvalue weighted by Crippen LogP contribution is 2.25. The average Bonchev–Trinajstić information content (AvgIpc) is 2.42. The van der Waals surface area contributed by atoms with E-state index in [2.05, 4.69) is 17.2 Å². The van der Waals surface area contributed by atoms with E-state index in [0.717, 1.165) is 0 Å². The highest BCUT2D eigenvalue weighted by molar-refractivity contribution is 5.94. The number of hydrogen-bond acceptors (Lipinski definition) is 3. The van der Waals surface area contributed by atoms with Gasteiger partial charge in [-0.1, -0.05) is 19.1 Å². The zero-order valence-electron chi connectivity index (χ0n) is 11.2. The van der Waals surface area contributed by atoms with Crippen molar-refractivity contribution in [2.75, 3.05) is 19.8 Å². The summed E-state index contributed by atoms with van der Waals surface area (Å²) in [5, 5.41) is 3.43. The summed E-state index contributed by atoms with van der Waals surface area (Å²) in [5.74, 6) is -0.263. The van der Waals surface area contributed by atoms with Gasteiger partial charge in [0.1, 0.15) is 5.69 Å². The molecule has 2 N–H and O–H groups in total. The van der Waals surface area contributed by atoms with Crippen LogP contribution in [0.2, 0.25) is 0 Å². The zero-order valence-corrected chi connectivity index (χ0v) is 11.2. The van der Waals surface area contributed by atoms with E-state index in [1.54, 1.807) is 18.2 Å². The summed E-state index contributed by atoms with van der Waals surface area (Å²) in [4.78, 5) is 27.1. The van der Waals surface area contributed by atoms with Crippen LogP contribution >= 0.6 is 0 Å². The zero-order chi connectivity index (χ0) is 14.2. The van der Waals surface area contributed by atoms with Crippen LogP contribution in [0.4, 0.5) is 0 Å². The molecule has 0 bridgehead atoms. The molecule has 2 aromatic rings. The molecule has 0 atom stereocenters. The second-order valence-electron chi connectivity index (χ2n) is 5.58. The molecule has 1 aliphatic rings. The summed E-state index contributed by atoms with van der Waals surface area (Å²) >= 11 is 0. The first kappa shape index (κ1) is 12.9. The van der Waals surface area contributed by atoms with Gasteiger partial charge in [-0.05, 0) is 12.1 Å². The summed E-state index contributed by atoms with van der Waals surface area (Å²) in [6.07, 6.45) is 0. The molecule has 104 valence electrons. The molecule has 1 amide bonds. The van der Waals surface area contributed by atoms with Crippen molar-refractivity contribution in [1.82, 2.24) is 10.3 Å². The quantitative estimate of drug-likeness (QED) is 0.884. The van der Waals surface area contributed by atoms with Gasteiger partial charge in [-0.25, -0.2) is 0 Å². The van der Waals surface area contributed by atoms with Crippen LogP contribution in [0.15, 0.2) is 35.1 Å². The lowest BCUT2D eigenvalue weighted by Gasteiger charge is -2.37. The van der Waals surface area contributed by atoms with Crippen molar-refractivity contribution in [3.05, 3.63) is 46.2 Å². The maximum atomic E-state index is 12.1. The fraction of sp³-hybridized carbons (Fsp3) is 0.333. The van der Waals surface area contributed by atoms with E-state index in [-0.39, 0.29) is 22.4 Å². The average molecular weight is 272 g/mol. The second kappa shape index (κ2) is 4.76. The molecule has 1 aromatic carbocycles. The Balaban J connectivity index is 1.82. The highest BCUT2D eigenvalue weighted by Gasteiger charge is 2.33. The number of pyridine rings is 1. The molecule has 5 nitrogen and oxygen atoms in total. The smallest absolute Gasteiger partial charge is 0.267 e. The molecule has 0 aliphatic carbocycles. The number of aromatic amines is 1. The van der Waals surface area contributed by atoms with Crippen LogP contribution in [-0.4, -0.2) is 30.6 Å². The Hall–Kier alpha value is -2.14. The molecule has 1 saturated heterocycles. The molecule has 0 saturated carbocycles.